The van der Waals surface area contributed by atoms with Gasteiger partial charge < -0.3 is 25.4 Å². The summed E-state index contributed by atoms with van der Waals surface area (Å²) in [6, 6.07) is 0. The minimum Gasteiger partial charge on any atom is -0.368 e. The maximum atomic E-state index is 11.7. The van der Waals surface area contributed by atoms with Gasteiger partial charge in [0.25, 0.3) is 0 Å². The van der Waals surface area contributed by atoms with Gasteiger partial charge in [-0.2, -0.15) is 9.97 Å². The fraction of sp³-hybridized carbons (Fsp3) is 0.632. The van der Waals surface area contributed by atoms with Gasteiger partial charge in [0.1, 0.15) is 5.52 Å². The Hall–Kier alpha value is -2.91. The lowest BCUT2D eigenvalue weighted by atomic mass is 10.3. The summed E-state index contributed by atoms with van der Waals surface area (Å²) in [6.45, 7) is 4.67. The zero-order chi connectivity index (χ0) is 20.1. The van der Waals surface area contributed by atoms with Gasteiger partial charge in [-0.05, 0) is 25.7 Å². The number of carbonyl (C=O) groups is 2. The van der Waals surface area contributed by atoms with E-state index in [1.807, 2.05) is 9.80 Å². The Morgan fingerprint density at radius 1 is 0.931 bits per heavy atom. The maximum absolute atomic E-state index is 11.7. The molecule has 4 heterocycles. The van der Waals surface area contributed by atoms with Crippen LogP contribution in [0.25, 0.3) is 11.2 Å². The summed E-state index contributed by atoms with van der Waals surface area (Å²) in [5.74, 6) is 1.73. The van der Waals surface area contributed by atoms with E-state index in [4.69, 9.17) is 0 Å². The third kappa shape index (κ3) is 4.75. The molecule has 0 saturated carbocycles. The van der Waals surface area contributed by atoms with E-state index in [9.17, 15) is 9.59 Å². The maximum Gasteiger partial charge on any atom is 0.226 e. The fourth-order valence-electron chi connectivity index (χ4n) is 3.87. The topological polar surface area (TPSA) is 119 Å². The number of hydrogen-bond acceptors (Lipinski definition) is 7. The molecule has 10 heteroatoms. The molecule has 2 aliphatic heterocycles. The van der Waals surface area contributed by atoms with Crippen molar-refractivity contribution in [1.29, 1.82) is 0 Å². The Kier molecular flexibility index (Phi) is 6.06. The number of rotatable bonds is 10. The quantitative estimate of drug-likeness (QED) is 0.513. The fourth-order valence-corrected chi connectivity index (χ4v) is 3.87. The van der Waals surface area contributed by atoms with Gasteiger partial charge in [-0.15, -0.1) is 0 Å². The highest BCUT2D eigenvalue weighted by Gasteiger charge is 2.20. The largest absolute Gasteiger partial charge is 0.368 e. The van der Waals surface area contributed by atoms with Gasteiger partial charge in [0.05, 0.1) is 6.33 Å². The average Bonchev–Trinajstić information content (AvgIpc) is 3.44. The molecule has 0 radical (unpaired) electrons. The van der Waals surface area contributed by atoms with Crippen LogP contribution >= 0.6 is 0 Å². The molecule has 0 atom stereocenters. The number of carbonyl (C=O) groups excluding carboxylic acids is 2. The summed E-state index contributed by atoms with van der Waals surface area (Å²) >= 11 is 0. The Morgan fingerprint density at radius 2 is 1.59 bits per heavy atom. The van der Waals surface area contributed by atoms with E-state index in [-0.39, 0.29) is 11.8 Å². The van der Waals surface area contributed by atoms with Crippen LogP contribution < -0.4 is 10.6 Å². The predicted octanol–water partition coefficient (Wildman–Crippen LogP) is 1.20. The molecule has 2 fully saturated rings. The first-order valence-corrected chi connectivity index (χ1v) is 10.4. The van der Waals surface area contributed by atoms with Crippen molar-refractivity contribution in [2.75, 3.05) is 49.9 Å². The van der Waals surface area contributed by atoms with E-state index >= 15 is 0 Å². The summed E-state index contributed by atoms with van der Waals surface area (Å²) in [4.78, 5) is 43.5. The molecule has 156 valence electrons. The Labute approximate surface area is 169 Å². The molecule has 2 saturated heterocycles. The molecule has 10 nitrogen and oxygen atoms in total. The summed E-state index contributed by atoms with van der Waals surface area (Å²) in [5, 5.41) is 6.58. The predicted molar refractivity (Wildman–Crippen MR) is 110 cm³/mol. The molecule has 0 unspecified atom stereocenters. The molecule has 0 aromatic carbocycles. The van der Waals surface area contributed by atoms with Crippen molar-refractivity contribution in [2.24, 2.45) is 0 Å². The van der Waals surface area contributed by atoms with Crippen molar-refractivity contribution < 1.29 is 9.59 Å². The van der Waals surface area contributed by atoms with Crippen molar-refractivity contribution in [3.63, 3.8) is 0 Å². The number of anilines is 2. The van der Waals surface area contributed by atoms with E-state index in [1.165, 1.54) is 0 Å². The first kappa shape index (κ1) is 19.4. The number of hydrogen-bond donors (Lipinski definition) is 3. The number of H-pyrrole nitrogens is 1. The Bertz CT molecular complexity index is 867. The lowest BCUT2D eigenvalue weighted by Gasteiger charge is -2.16. The lowest BCUT2D eigenvalue weighted by Crippen LogP contribution is -2.27. The molecule has 2 aromatic heterocycles. The highest BCUT2D eigenvalue weighted by atomic mass is 16.2. The normalized spacial score (nSPS) is 17.0. The number of likely N-dealkylation sites (tertiary alicyclic amines) is 2. The molecule has 3 N–H and O–H groups in total. The monoisotopic (exact) mass is 400 g/mol. The second-order valence-corrected chi connectivity index (χ2v) is 7.53. The van der Waals surface area contributed by atoms with Gasteiger partial charge in [0.15, 0.2) is 11.5 Å². The van der Waals surface area contributed by atoms with Crippen LogP contribution in [0.1, 0.15) is 38.5 Å². The minimum absolute atomic E-state index is 0.251. The first-order valence-electron chi connectivity index (χ1n) is 10.4. The van der Waals surface area contributed by atoms with Gasteiger partial charge >= 0.3 is 0 Å². The Balaban J connectivity index is 1.28. The van der Waals surface area contributed by atoms with E-state index in [0.717, 1.165) is 57.4 Å². The molecule has 0 aliphatic carbocycles. The second-order valence-electron chi connectivity index (χ2n) is 7.53. The van der Waals surface area contributed by atoms with Crippen molar-refractivity contribution in [2.45, 2.75) is 38.5 Å². The van der Waals surface area contributed by atoms with Gasteiger partial charge in [-0.3, -0.25) is 9.59 Å². The molecule has 2 aliphatic rings. The number of amides is 2. The van der Waals surface area contributed by atoms with Crippen molar-refractivity contribution in [3.05, 3.63) is 6.33 Å². The van der Waals surface area contributed by atoms with Gasteiger partial charge in [-0.1, -0.05) is 0 Å². The molecular weight excluding hydrogens is 372 g/mol. The van der Waals surface area contributed by atoms with Crippen molar-refractivity contribution in [1.82, 2.24) is 29.7 Å². The summed E-state index contributed by atoms with van der Waals surface area (Å²) in [7, 11) is 0. The smallest absolute Gasteiger partial charge is 0.226 e. The van der Waals surface area contributed by atoms with Gasteiger partial charge in [0.2, 0.25) is 17.8 Å². The third-order valence-corrected chi connectivity index (χ3v) is 5.41. The van der Waals surface area contributed by atoms with Crippen molar-refractivity contribution >= 4 is 34.7 Å². The number of aromatic nitrogens is 4. The molecule has 0 spiro atoms. The van der Waals surface area contributed by atoms with Crippen LogP contribution in [0, 0.1) is 0 Å². The highest BCUT2D eigenvalue weighted by molar-refractivity contribution is 5.83. The minimum atomic E-state index is 0.251. The van der Waals surface area contributed by atoms with E-state index in [0.29, 0.717) is 43.3 Å². The lowest BCUT2D eigenvalue weighted by molar-refractivity contribution is -0.128. The highest BCUT2D eigenvalue weighted by Crippen LogP contribution is 2.19. The van der Waals surface area contributed by atoms with E-state index in [2.05, 4.69) is 30.6 Å². The average molecular weight is 400 g/mol. The number of aromatic amines is 1. The van der Waals surface area contributed by atoms with Gasteiger partial charge in [-0.25, -0.2) is 4.98 Å². The van der Waals surface area contributed by atoms with Crippen molar-refractivity contribution in [3.8, 4) is 0 Å². The zero-order valence-corrected chi connectivity index (χ0v) is 16.6. The van der Waals surface area contributed by atoms with Crippen LogP contribution in [0.2, 0.25) is 0 Å². The van der Waals surface area contributed by atoms with E-state index < -0.39 is 0 Å². The molecule has 2 aromatic rings. The second kappa shape index (κ2) is 9.06. The summed E-state index contributed by atoms with van der Waals surface area (Å²) in [6.07, 6.45) is 6.59. The number of fused-ring (bicyclic) bond motifs is 1. The Morgan fingerprint density at radius 3 is 2.21 bits per heavy atom. The van der Waals surface area contributed by atoms with Gasteiger partial charge in [0, 0.05) is 52.1 Å². The number of imidazole rings is 1. The van der Waals surface area contributed by atoms with Crippen LogP contribution in [0.5, 0.6) is 0 Å². The zero-order valence-electron chi connectivity index (χ0n) is 16.6. The molecule has 0 bridgehead atoms. The molecular formula is C19H28N8O2. The van der Waals surface area contributed by atoms with E-state index in [1.54, 1.807) is 6.33 Å². The van der Waals surface area contributed by atoms with Crippen LogP contribution in [0.4, 0.5) is 11.8 Å². The van der Waals surface area contributed by atoms with Crippen LogP contribution in [-0.4, -0.2) is 80.8 Å². The SMILES string of the molecule is O=C1CCCN1CCCNc1nc(NCCCN2CCCC2=O)c2[nH]cnc2n1. The van der Waals surface area contributed by atoms with Crippen LogP contribution in [0.3, 0.4) is 0 Å². The molecule has 2 amide bonds. The van der Waals surface area contributed by atoms with Crippen LogP contribution in [-0.2, 0) is 9.59 Å². The standard InChI is InChI=1S/C19H28N8O2/c28-14-5-1-9-26(14)11-3-7-20-17-16-18(23-13-22-16)25-19(24-17)21-8-4-12-27-10-2-6-15(27)29/h13H,1-12H2,(H3,20,21,22,23,24,25). The molecule has 29 heavy (non-hydrogen) atoms. The number of nitrogens with one attached hydrogen (secondary N) is 3. The molecule has 4 rings (SSSR count). The third-order valence-electron chi connectivity index (χ3n) is 5.41. The summed E-state index contributed by atoms with van der Waals surface area (Å²) in [5.41, 5.74) is 1.38. The first-order chi connectivity index (χ1) is 14.2. The number of nitrogens with zero attached hydrogens (tertiary/aromatic N) is 5. The van der Waals surface area contributed by atoms with Crippen LogP contribution in [0.15, 0.2) is 6.33 Å². The summed E-state index contributed by atoms with van der Waals surface area (Å²) < 4.78 is 0.